The average Bonchev–Trinajstić information content (AvgIpc) is 2.76. The summed E-state index contributed by atoms with van der Waals surface area (Å²) in [5.74, 6) is 1.75. The maximum atomic E-state index is 5.82. The molecule has 4 heteroatoms. The van der Waals surface area contributed by atoms with Crippen molar-refractivity contribution in [2.75, 3.05) is 5.32 Å². The van der Waals surface area contributed by atoms with Crippen molar-refractivity contribution in [1.29, 1.82) is 0 Å². The minimum absolute atomic E-state index is 0.229. The number of anilines is 1. The van der Waals surface area contributed by atoms with Crippen LogP contribution in [0.5, 0.6) is 5.75 Å². The monoisotopic (exact) mass is 274 g/mol. The van der Waals surface area contributed by atoms with Crippen molar-refractivity contribution in [3.05, 3.63) is 41.3 Å². The van der Waals surface area contributed by atoms with Gasteiger partial charge < -0.3 is 14.6 Å². The third kappa shape index (κ3) is 3.53. The van der Waals surface area contributed by atoms with E-state index in [1.165, 1.54) is 0 Å². The third-order valence-electron chi connectivity index (χ3n) is 3.40. The van der Waals surface area contributed by atoms with Gasteiger partial charge in [-0.1, -0.05) is 18.1 Å². The quantitative estimate of drug-likeness (QED) is 0.862. The van der Waals surface area contributed by atoms with Crippen LogP contribution in [0, 0.1) is 13.8 Å². The third-order valence-corrected chi connectivity index (χ3v) is 3.40. The number of ether oxygens (including phenoxy) is 1. The first-order chi connectivity index (χ1) is 9.60. The molecule has 0 aliphatic rings. The standard InChI is InChI=1S/C16H22N2O2/c1-5-11(2)19-15-8-6-7-14(9-15)17-10-16-12(3)18-20-13(16)4/h6-9,11,17H,5,10H2,1-4H3. The first kappa shape index (κ1) is 14.4. The molecule has 108 valence electrons. The Hall–Kier alpha value is -1.97. The Labute approximate surface area is 120 Å². The highest BCUT2D eigenvalue weighted by Crippen LogP contribution is 2.21. The average molecular weight is 274 g/mol. The first-order valence-electron chi connectivity index (χ1n) is 7.02. The summed E-state index contributed by atoms with van der Waals surface area (Å²) >= 11 is 0. The molecule has 1 unspecified atom stereocenters. The molecule has 1 N–H and O–H groups in total. The molecule has 1 atom stereocenters. The van der Waals surface area contributed by atoms with Gasteiger partial charge in [-0.25, -0.2) is 0 Å². The van der Waals surface area contributed by atoms with E-state index in [4.69, 9.17) is 9.26 Å². The molecule has 0 aliphatic carbocycles. The molecule has 2 aromatic rings. The maximum absolute atomic E-state index is 5.82. The van der Waals surface area contributed by atoms with Gasteiger partial charge in [0.25, 0.3) is 0 Å². The SMILES string of the molecule is CCC(C)Oc1cccc(NCc2c(C)noc2C)c1. The van der Waals surface area contributed by atoms with E-state index in [-0.39, 0.29) is 6.10 Å². The van der Waals surface area contributed by atoms with Crippen LogP contribution in [0.2, 0.25) is 0 Å². The van der Waals surface area contributed by atoms with Crippen molar-refractivity contribution in [1.82, 2.24) is 5.16 Å². The molecule has 0 fully saturated rings. The van der Waals surface area contributed by atoms with Crippen molar-refractivity contribution in [2.24, 2.45) is 0 Å². The van der Waals surface area contributed by atoms with Crippen LogP contribution >= 0.6 is 0 Å². The number of hydrogen-bond donors (Lipinski definition) is 1. The van der Waals surface area contributed by atoms with E-state index in [0.29, 0.717) is 6.54 Å². The smallest absolute Gasteiger partial charge is 0.138 e. The van der Waals surface area contributed by atoms with E-state index in [2.05, 4.69) is 24.3 Å². The summed E-state index contributed by atoms with van der Waals surface area (Å²) in [6.07, 6.45) is 1.23. The van der Waals surface area contributed by atoms with Gasteiger partial charge in [0.15, 0.2) is 0 Å². The molecule has 20 heavy (non-hydrogen) atoms. The van der Waals surface area contributed by atoms with Gasteiger partial charge in [0.2, 0.25) is 0 Å². The lowest BCUT2D eigenvalue weighted by molar-refractivity contribution is 0.217. The normalized spacial score (nSPS) is 12.2. The number of nitrogens with zero attached hydrogens (tertiary/aromatic N) is 1. The lowest BCUT2D eigenvalue weighted by atomic mass is 10.2. The topological polar surface area (TPSA) is 47.3 Å². The Bertz CT molecular complexity index is 544. The molecule has 1 heterocycles. The summed E-state index contributed by atoms with van der Waals surface area (Å²) in [6.45, 7) is 8.78. The Balaban J connectivity index is 2.01. The molecule has 0 aliphatic heterocycles. The molecule has 0 spiro atoms. The summed E-state index contributed by atoms with van der Waals surface area (Å²) in [5, 5.41) is 7.34. The summed E-state index contributed by atoms with van der Waals surface area (Å²) < 4.78 is 11.0. The van der Waals surface area contributed by atoms with Gasteiger partial charge in [0.1, 0.15) is 11.5 Å². The van der Waals surface area contributed by atoms with Crippen molar-refractivity contribution < 1.29 is 9.26 Å². The van der Waals surface area contributed by atoms with Crippen LogP contribution in [0.3, 0.4) is 0 Å². The molecule has 4 nitrogen and oxygen atoms in total. The van der Waals surface area contributed by atoms with Crippen molar-refractivity contribution in [2.45, 2.75) is 46.8 Å². The number of aromatic nitrogens is 1. The minimum atomic E-state index is 0.229. The van der Waals surface area contributed by atoms with Crippen LogP contribution in [0.1, 0.15) is 37.3 Å². The summed E-state index contributed by atoms with van der Waals surface area (Å²) in [6, 6.07) is 8.02. The first-order valence-corrected chi connectivity index (χ1v) is 7.02. The predicted octanol–water partition coefficient (Wildman–Crippen LogP) is 4.08. The largest absolute Gasteiger partial charge is 0.491 e. The van der Waals surface area contributed by atoms with Gasteiger partial charge in [-0.2, -0.15) is 0 Å². The van der Waals surface area contributed by atoms with Gasteiger partial charge in [-0.15, -0.1) is 0 Å². The number of nitrogens with one attached hydrogen (secondary N) is 1. The lowest BCUT2D eigenvalue weighted by Crippen LogP contribution is -2.10. The summed E-state index contributed by atoms with van der Waals surface area (Å²) in [7, 11) is 0. The summed E-state index contributed by atoms with van der Waals surface area (Å²) in [4.78, 5) is 0. The van der Waals surface area contributed by atoms with Crippen LogP contribution in [0.15, 0.2) is 28.8 Å². The molecule has 2 rings (SSSR count). The van der Waals surface area contributed by atoms with E-state index in [1.54, 1.807) is 0 Å². The van der Waals surface area contributed by atoms with Crippen LogP contribution < -0.4 is 10.1 Å². The van der Waals surface area contributed by atoms with Crippen molar-refractivity contribution in [3.63, 3.8) is 0 Å². The number of aryl methyl sites for hydroxylation is 2. The highest BCUT2D eigenvalue weighted by atomic mass is 16.5. The van der Waals surface area contributed by atoms with Gasteiger partial charge in [0.05, 0.1) is 11.8 Å². The zero-order valence-electron chi connectivity index (χ0n) is 12.6. The number of rotatable bonds is 6. The van der Waals surface area contributed by atoms with Crippen LogP contribution in [-0.4, -0.2) is 11.3 Å². The Morgan fingerprint density at radius 1 is 1.35 bits per heavy atom. The number of benzene rings is 1. The highest BCUT2D eigenvalue weighted by Gasteiger charge is 2.08. The molecule has 0 saturated carbocycles. The molecule has 0 bridgehead atoms. The van der Waals surface area contributed by atoms with Gasteiger partial charge in [-0.05, 0) is 39.3 Å². The van der Waals surface area contributed by atoms with E-state index >= 15 is 0 Å². The van der Waals surface area contributed by atoms with Crippen molar-refractivity contribution >= 4 is 5.69 Å². The Morgan fingerprint density at radius 3 is 2.80 bits per heavy atom. The molecular formula is C16H22N2O2. The fourth-order valence-electron chi connectivity index (χ4n) is 1.94. The highest BCUT2D eigenvalue weighted by molar-refractivity contribution is 5.48. The molecule has 0 radical (unpaired) electrons. The van der Waals surface area contributed by atoms with Crippen molar-refractivity contribution in [3.8, 4) is 5.75 Å². The van der Waals surface area contributed by atoms with Crippen LogP contribution in [0.25, 0.3) is 0 Å². The van der Waals surface area contributed by atoms with Crippen LogP contribution in [0.4, 0.5) is 5.69 Å². The second-order valence-corrected chi connectivity index (χ2v) is 5.02. The van der Waals surface area contributed by atoms with Crippen LogP contribution in [-0.2, 0) is 6.54 Å². The minimum Gasteiger partial charge on any atom is -0.491 e. The van der Waals surface area contributed by atoms with E-state index < -0.39 is 0 Å². The van der Waals surface area contributed by atoms with Gasteiger partial charge in [0, 0.05) is 23.9 Å². The Morgan fingerprint density at radius 2 is 2.15 bits per heavy atom. The van der Waals surface area contributed by atoms with Gasteiger partial charge >= 0.3 is 0 Å². The second-order valence-electron chi connectivity index (χ2n) is 5.02. The van der Waals surface area contributed by atoms with E-state index in [0.717, 1.165) is 34.9 Å². The molecule has 1 aromatic carbocycles. The number of hydrogen-bond acceptors (Lipinski definition) is 4. The maximum Gasteiger partial charge on any atom is 0.138 e. The van der Waals surface area contributed by atoms with Gasteiger partial charge in [-0.3, -0.25) is 0 Å². The molecule has 0 amide bonds. The van der Waals surface area contributed by atoms with E-state index in [1.807, 2.05) is 38.1 Å². The fourth-order valence-corrected chi connectivity index (χ4v) is 1.94. The second kappa shape index (κ2) is 6.46. The fraction of sp³-hybridized carbons (Fsp3) is 0.438. The molecular weight excluding hydrogens is 252 g/mol. The predicted molar refractivity (Wildman–Crippen MR) is 80.1 cm³/mol. The van der Waals surface area contributed by atoms with E-state index in [9.17, 15) is 0 Å². The summed E-state index contributed by atoms with van der Waals surface area (Å²) in [5.41, 5.74) is 3.08. The zero-order valence-corrected chi connectivity index (χ0v) is 12.6. The Kier molecular flexibility index (Phi) is 4.66. The molecule has 0 saturated heterocycles. The lowest BCUT2D eigenvalue weighted by Gasteiger charge is -2.14. The molecule has 1 aromatic heterocycles. The zero-order chi connectivity index (χ0) is 14.5.